The van der Waals surface area contributed by atoms with Crippen molar-refractivity contribution in [1.82, 2.24) is 5.32 Å². The second-order valence-electron chi connectivity index (χ2n) is 6.05. The van der Waals surface area contributed by atoms with Gasteiger partial charge in [-0.05, 0) is 49.2 Å². The van der Waals surface area contributed by atoms with E-state index in [0.717, 1.165) is 16.9 Å². The van der Waals surface area contributed by atoms with Crippen LogP contribution in [-0.4, -0.2) is 24.9 Å². The van der Waals surface area contributed by atoms with Gasteiger partial charge in [0.1, 0.15) is 0 Å². The fraction of sp³-hybridized carbons (Fsp3) is 0.350. The van der Waals surface area contributed by atoms with Crippen molar-refractivity contribution in [2.24, 2.45) is 0 Å². The first-order chi connectivity index (χ1) is 12.5. The first-order valence-corrected chi connectivity index (χ1v) is 9.93. The molecule has 26 heavy (non-hydrogen) atoms. The van der Waals surface area contributed by atoms with E-state index in [-0.39, 0.29) is 12.0 Å². The SMILES string of the molecule is COc1cc(CNC(=O)CSCc2cccc(Cl)c2)ccc1OC(C)C. The number of hydrogen-bond donors (Lipinski definition) is 1. The van der Waals surface area contributed by atoms with Gasteiger partial charge in [-0.1, -0.05) is 29.8 Å². The lowest BCUT2D eigenvalue weighted by Crippen LogP contribution is -2.24. The van der Waals surface area contributed by atoms with Gasteiger partial charge in [0.05, 0.1) is 19.0 Å². The van der Waals surface area contributed by atoms with Crippen molar-refractivity contribution in [3.05, 3.63) is 58.6 Å². The standard InChI is InChI=1S/C20H24ClNO3S/c1-14(2)25-18-8-7-15(10-19(18)24-3)11-22-20(23)13-26-12-16-5-4-6-17(21)9-16/h4-10,14H,11-13H2,1-3H3,(H,22,23). The summed E-state index contributed by atoms with van der Waals surface area (Å²) >= 11 is 7.52. The zero-order chi connectivity index (χ0) is 18.9. The number of benzene rings is 2. The quantitative estimate of drug-likeness (QED) is 0.671. The third-order valence-corrected chi connectivity index (χ3v) is 4.71. The molecule has 4 nitrogen and oxygen atoms in total. The number of methoxy groups -OCH3 is 1. The van der Waals surface area contributed by atoms with Crippen LogP contribution >= 0.6 is 23.4 Å². The summed E-state index contributed by atoms with van der Waals surface area (Å²) in [6.45, 7) is 4.39. The molecule has 0 spiro atoms. The van der Waals surface area contributed by atoms with Crippen molar-refractivity contribution in [1.29, 1.82) is 0 Å². The number of hydrogen-bond acceptors (Lipinski definition) is 4. The van der Waals surface area contributed by atoms with Gasteiger partial charge < -0.3 is 14.8 Å². The summed E-state index contributed by atoms with van der Waals surface area (Å²) in [5.41, 5.74) is 2.08. The van der Waals surface area contributed by atoms with E-state index in [2.05, 4.69) is 5.32 Å². The summed E-state index contributed by atoms with van der Waals surface area (Å²) in [7, 11) is 1.61. The van der Waals surface area contributed by atoms with E-state index in [9.17, 15) is 4.79 Å². The van der Waals surface area contributed by atoms with Crippen molar-refractivity contribution in [3.8, 4) is 11.5 Å². The predicted octanol–water partition coefficient (Wildman–Crippen LogP) is 4.69. The van der Waals surface area contributed by atoms with Gasteiger partial charge in [-0.15, -0.1) is 11.8 Å². The highest BCUT2D eigenvalue weighted by Crippen LogP contribution is 2.29. The molecular formula is C20H24ClNO3S. The lowest BCUT2D eigenvalue weighted by molar-refractivity contribution is -0.118. The van der Waals surface area contributed by atoms with Gasteiger partial charge in [-0.2, -0.15) is 0 Å². The van der Waals surface area contributed by atoms with E-state index in [1.165, 1.54) is 0 Å². The van der Waals surface area contributed by atoms with Gasteiger partial charge in [-0.25, -0.2) is 0 Å². The lowest BCUT2D eigenvalue weighted by Gasteiger charge is -2.14. The molecule has 1 N–H and O–H groups in total. The van der Waals surface area contributed by atoms with Crippen LogP contribution in [0.4, 0.5) is 0 Å². The number of carbonyl (C=O) groups excluding carboxylic acids is 1. The van der Waals surface area contributed by atoms with Crippen molar-refractivity contribution < 1.29 is 14.3 Å². The minimum absolute atomic E-state index is 0.00139. The molecule has 1 amide bonds. The molecule has 0 unspecified atom stereocenters. The number of amides is 1. The summed E-state index contributed by atoms with van der Waals surface area (Å²) in [5, 5.41) is 3.64. The molecule has 2 aromatic carbocycles. The summed E-state index contributed by atoms with van der Waals surface area (Å²) in [6.07, 6.45) is 0.0750. The van der Waals surface area contributed by atoms with Crippen LogP contribution in [0.1, 0.15) is 25.0 Å². The Kier molecular flexibility index (Phi) is 8.13. The Morgan fingerprint density at radius 2 is 1.96 bits per heavy atom. The van der Waals surface area contributed by atoms with Crippen LogP contribution in [0.25, 0.3) is 0 Å². The predicted molar refractivity (Wildman–Crippen MR) is 108 cm³/mol. The van der Waals surface area contributed by atoms with E-state index >= 15 is 0 Å². The molecular weight excluding hydrogens is 370 g/mol. The van der Waals surface area contributed by atoms with E-state index in [1.54, 1.807) is 18.9 Å². The van der Waals surface area contributed by atoms with Gasteiger partial charge in [0.25, 0.3) is 0 Å². The highest BCUT2D eigenvalue weighted by Gasteiger charge is 2.09. The van der Waals surface area contributed by atoms with Gasteiger partial charge in [0, 0.05) is 17.3 Å². The van der Waals surface area contributed by atoms with Crippen LogP contribution in [0.5, 0.6) is 11.5 Å². The molecule has 2 aromatic rings. The molecule has 140 valence electrons. The highest BCUT2D eigenvalue weighted by molar-refractivity contribution is 7.99. The van der Waals surface area contributed by atoms with Crippen LogP contribution in [0.15, 0.2) is 42.5 Å². The van der Waals surface area contributed by atoms with Crippen LogP contribution < -0.4 is 14.8 Å². The van der Waals surface area contributed by atoms with E-state index in [1.807, 2.05) is 56.3 Å². The zero-order valence-corrected chi connectivity index (χ0v) is 16.8. The molecule has 2 rings (SSSR count). The minimum atomic E-state index is -0.00139. The normalized spacial score (nSPS) is 10.7. The molecule has 0 aliphatic carbocycles. The van der Waals surface area contributed by atoms with Gasteiger partial charge in [0.15, 0.2) is 11.5 Å². The number of thioether (sulfide) groups is 1. The molecule has 0 radical (unpaired) electrons. The number of ether oxygens (including phenoxy) is 2. The fourth-order valence-corrected chi connectivity index (χ4v) is 3.33. The van der Waals surface area contributed by atoms with Crippen molar-refractivity contribution in [2.75, 3.05) is 12.9 Å². The Morgan fingerprint density at radius 1 is 1.15 bits per heavy atom. The van der Waals surface area contributed by atoms with Crippen LogP contribution in [-0.2, 0) is 17.1 Å². The average Bonchev–Trinajstić information content (AvgIpc) is 2.60. The first kappa shape index (κ1) is 20.5. The van der Waals surface area contributed by atoms with E-state index in [4.69, 9.17) is 21.1 Å². The van der Waals surface area contributed by atoms with Gasteiger partial charge in [0.2, 0.25) is 5.91 Å². The second-order valence-corrected chi connectivity index (χ2v) is 7.47. The number of nitrogens with one attached hydrogen (secondary N) is 1. The summed E-state index contributed by atoms with van der Waals surface area (Å²) < 4.78 is 11.1. The smallest absolute Gasteiger partial charge is 0.230 e. The third kappa shape index (κ3) is 6.81. The Balaban J connectivity index is 1.79. The molecule has 0 saturated carbocycles. The van der Waals surface area contributed by atoms with Crippen LogP contribution in [0.2, 0.25) is 5.02 Å². The van der Waals surface area contributed by atoms with E-state index in [0.29, 0.717) is 28.8 Å². The fourth-order valence-electron chi connectivity index (χ4n) is 2.31. The van der Waals surface area contributed by atoms with Gasteiger partial charge in [-0.3, -0.25) is 4.79 Å². The Labute approximate surface area is 164 Å². The average molecular weight is 394 g/mol. The topological polar surface area (TPSA) is 47.6 Å². The van der Waals surface area contributed by atoms with Crippen molar-refractivity contribution >= 4 is 29.3 Å². The molecule has 0 fully saturated rings. The van der Waals surface area contributed by atoms with Gasteiger partial charge >= 0.3 is 0 Å². The molecule has 0 bridgehead atoms. The Hall–Kier alpha value is -1.85. The highest BCUT2D eigenvalue weighted by atomic mass is 35.5. The molecule has 0 atom stereocenters. The maximum Gasteiger partial charge on any atom is 0.230 e. The molecule has 0 aromatic heterocycles. The van der Waals surface area contributed by atoms with Crippen LogP contribution in [0.3, 0.4) is 0 Å². The minimum Gasteiger partial charge on any atom is -0.493 e. The third-order valence-electron chi connectivity index (χ3n) is 3.47. The maximum atomic E-state index is 12.0. The first-order valence-electron chi connectivity index (χ1n) is 8.40. The van der Waals surface area contributed by atoms with Crippen molar-refractivity contribution in [2.45, 2.75) is 32.2 Å². The molecule has 6 heteroatoms. The maximum absolute atomic E-state index is 12.0. The van der Waals surface area contributed by atoms with E-state index < -0.39 is 0 Å². The summed E-state index contributed by atoms with van der Waals surface area (Å²) in [4.78, 5) is 12.0. The molecule has 0 aliphatic rings. The summed E-state index contributed by atoms with van der Waals surface area (Å²) in [5.74, 6) is 2.52. The lowest BCUT2D eigenvalue weighted by atomic mass is 10.2. The molecule has 0 saturated heterocycles. The van der Waals surface area contributed by atoms with Crippen molar-refractivity contribution in [3.63, 3.8) is 0 Å². The number of rotatable bonds is 9. The number of carbonyl (C=O) groups is 1. The second kappa shape index (κ2) is 10.3. The Bertz CT molecular complexity index is 737. The monoisotopic (exact) mass is 393 g/mol. The molecule has 0 heterocycles. The number of halogens is 1. The Morgan fingerprint density at radius 3 is 2.65 bits per heavy atom. The summed E-state index contributed by atoms with van der Waals surface area (Å²) in [6, 6.07) is 13.4. The largest absolute Gasteiger partial charge is 0.493 e. The van der Waals surface area contributed by atoms with Crippen LogP contribution in [0, 0.1) is 0 Å². The molecule has 0 aliphatic heterocycles. The zero-order valence-electron chi connectivity index (χ0n) is 15.3.